The summed E-state index contributed by atoms with van der Waals surface area (Å²) in [6, 6.07) is 54.0. The number of hydrogen-bond acceptors (Lipinski definition) is 3. The van der Waals surface area contributed by atoms with Gasteiger partial charge in [0, 0.05) is 63.0 Å². The SMILES string of the molecule is C=C1/C=C\C=C/N(C2C=Cc3c(n(-c4ccc(F)cc4)c4ccccc34)C2)c2ccccc21.N=C(c1ccc(-c2ccccc2)cc1)c1c(N)ccc2ccccc12. The van der Waals surface area contributed by atoms with Crippen molar-refractivity contribution < 1.29 is 4.39 Å². The highest BCUT2D eigenvalue weighted by atomic mass is 19.1. The van der Waals surface area contributed by atoms with Crippen molar-refractivity contribution in [1.82, 2.24) is 4.57 Å². The van der Waals surface area contributed by atoms with Gasteiger partial charge in [0.25, 0.3) is 0 Å². The standard InChI is InChI=1S/C30H23FN2.C23H18N2/c1-21-8-6-7-19-32(28-11-4-2-9-25(21)28)24-17-18-27-26-10-3-5-12-29(26)33(30(27)20-24)23-15-13-22(31)14-16-23;24-21-15-14-18-8-4-5-9-20(18)22(21)23(25)19-12-10-17(11-13-19)16-6-2-1-3-7-16/h2-19,24H,1,20H2;1-15,25H,24H2/b8-6-,19-7-;. The van der Waals surface area contributed by atoms with Crippen molar-refractivity contribution in [1.29, 1.82) is 5.41 Å². The number of rotatable bonds is 5. The van der Waals surface area contributed by atoms with Crippen LogP contribution in [0.25, 0.3) is 50.1 Å². The van der Waals surface area contributed by atoms with Crippen LogP contribution in [-0.4, -0.2) is 16.3 Å². The second-order valence-electron chi connectivity index (χ2n) is 14.5. The number of nitrogens with two attached hydrogens (primary N) is 1. The third-order valence-corrected chi connectivity index (χ3v) is 11.0. The van der Waals surface area contributed by atoms with E-state index in [-0.39, 0.29) is 11.9 Å². The van der Waals surface area contributed by atoms with Gasteiger partial charge in [0.15, 0.2) is 0 Å². The Labute approximate surface area is 338 Å². The summed E-state index contributed by atoms with van der Waals surface area (Å²) >= 11 is 0. The van der Waals surface area contributed by atoms with Crippen LogP contribution in [0.4, 0.5) is 15.8 Å². The summed E-state index contributed by atoms with van der Waals surface area (Å²) in [7, 11) is 0. The third kappa shape index (κ3) is 6.84. The zero-order chi connectivity index (χ0) is 39.6. The van der Waals surface area contributed by atoms with Crippen LogP contribution >= 0.6 is 0 Å². The van der Waals surface area contributed by atoms with Gasteiger partial charge in [0.1, 0.15) is 5.82 Å². The van der Waals surface area contributed by atoms with Crippen molar-refractivity contribution in [3.05, 3.63) is 235 Å². The first kappa shape index (κ1) is 36.2. The van der Waals surface area contributed by atoms with Crippen molar-refractivity contribution in [2.45, 2.75) is 12.5 Å². The Hall–Kier alpha value is -7.50. The number of allylic oxidation sites excluding steroid dienone is 4. The monoisotopic (exact) mass is 752 g/mol. The van der Waals surface area contributed by atoms with Crippen LogP contribution in [0.5, 0.6) is 0 Å². The van der Waals surface area contributed by atoms with E-state index in [1.165, 1.54) is 34.3 Å². The molecule has 0 fully saturated rings. The molecule has 8 aromatic rings. The molecule has 1 unspecified atom stereocenters. The van der Waals surface area contributed by atoms with Gasteiger partial charge in [-0.2, -0.15) is 0 Å². The van der Waals surface area contributed by atoms with Crippen LogP contribution in [-0.2, 0) is 6.42 Å². The average Bonchev–Trinajstić information content (AvgIpc) is 3.60. The molecule has 0 saturated carbocycles. The number of nitrogen functional groups attached to an aromatic ring is 1. The lowest BCUT2D eigenvalue weighted by molar-refractivity contribution is 0.627. The van der Waals surface area contributed by atoms with E-state index in [1.807, 2.05) is 91.0 Å². The van der Waals surface area contributed by atoms with E-state index in [0.717, 1.165) is 61.9 Å². The molecule has 5 heteroatoms. The van der Waals surface area contributed by atoms with E-state index in [4.69, 9.17) is 11.1 Å². The van der Waals surface area contributed by atoms with Gasteiger partial charge in [-0.15, -0.1) is 0 Å². The molecule has 0 amide bonds. The van der Waals surface area contributed by atoms with Crippen molar-refractivity contribution >= 4 is 50.4 Å². The molecule has 0 radical (unpaired) electrons. The number of anilines is 2. The second-order valence-corrected chi connectivity index (χ2v) is 14.5. The number of hydrogen-bond donors (Lipinski definition) is 2. The fourth-order valence-electron chi connectivity index (χ4n) is 8.17. The molecule has 4 nitrogen and oxygen atoms in total. The maximum absolute atomic E-state index is 13.7. The molecule has 1 aromatic heterocycles. The van der Waals surface area contributed by atoms with E-state index in [2.05, 4.69) is 113 Å². The molecule has 2 aliphatic rings. The fraction of sp³-hybridized carbons (Fsp3) is 0.0377. The molecule has 1 atom stereocenters. The molecule has 0 bridgehead atoms. The number of benzene rings is 7. The number of fused-ring (bicyclic) bond motifs is 5. The highest BCUT2D eigenvalue weighted by Crippen LogP contribution is 2.38. The average molecular weight is 753 g/mol. The number of nitrogens with zero attached hydrogens (tertiary/aromatic N) is 2. The van der Waals surface area contributed by atoms with E-state index < -0.39 is 0 Å². The van der Waals surface area contributed by atoms with Crippen LogP contribution in [0.1, 0.15) is 27.9 Å². The first-order valence-electron chi connectivity index (χ1n) is 19.4. The van der Waals surface area contributed by atoms with E-state index in [0.29, 0.717) is 11.4 Å². The molecule has 10 rings (SSSR count). The minimum absolute atomic E-state index is 0.137. The Morgan fingerprint density at radius 1 is 0.672 bits per heavy atom. The number of halogens is 1. The summed E-state index contributed by atoms with van der Waals surface area (Å²) in [6.07, 6.45) is 13.7. The number of nitrogens with one attached hydrogen (secondary N) is 1. The lowest BCUT2D eigenvalue weighted by Gasteiger charge is -2.33. The van der Waals surface area contributed by atoms with Gasteiger partial charge in [-0.25, -0.2) is 4.39 Å². The van der Waals surface area contributed by atoms with Gasteiger partial charge in [0.2, 0.25) is 0 Å². The Balaban J connectivity index is 0.000000156. The Bertz CT molecular complexity index is 2920. The van der Waals surface area contributed by atoms with Crippen LogP contribution in [0.15, 0.2) is 201 Å². The molecule has 2 heterocycles. The summed E-state index contributed by atoms with van der Waals surface area (Å²) in [6.45, 7) is 4.26. The topological polar surface area (TPSA) is 58.0 Å². The first-order valence-corrected chi connectivity index (χ1v) is 19.4. The number of aromatic nitrogens is 1. The largest absolute Gasteiger partial charge is 0.398 e. The zero-order valence-corrected chi connectivity index (χ0v) is 31.9. The maximum Gasteiger partial charge on any atom is 0.123 e. The Morgan fingerprint density at radius 3 is 2.17 bits per heavy atom. The van der Waals surface area contributed by atoms with E-state index >= 15 is 0 Å². The van der Waals surface area contributed by atoms with Gasteiger partial charge in [-0.1, -0.05) is 152 Å². The summed E-state index contributed by atoms with van der Waals surface area (Å²) in [4.78, 5) is 2.33. The van der Waals surface area contributed by atoms with Gasteiger partial charge in [-0.05, 0) is 76.0 Å². The molecule has 1 aliphatic carbocycles. The van der Waals surface area contributed by atoms with Gasteiger partial charge >= 0.3 is 0 Å². The fourth-order valence-corrected chi connectivity index (χ4v) is 8.17. The predicted molar refractivity (Wildman–Crippen MR) is 242 cm³/mol. The van der Waals surface area contributed by atoms with Crippen LogP contribution in [0, 0.1) is 11.2 Å². The molecule has 7 aromatic carbocycles. The quantitative estimate of drug-likeness (QED) is 0.136. The molecular formula is C53H41FN4. The summed E-state index contributed by atoms with van der Waals surface area (Å²) in [5.74, 6) is -0.225. The van der Waals surface area contributed by atoms with E-state index in [1.54, 1.807) is 0 Å². The molecule has 58 heavy (non-hydrogen) atoms. The predicted octanol–water partition coefficient (Wildman–Crippen LogP) is 12.8. The Kier molecular flexibility index (Phi) is 9.70. The molecule has 3 N–H and O–H groups in total. The number of para-hydroxylation sites is 2. The minimum Gasteiger partial charge on any atom is -0.398 e. The normalized spacial score (nSPS) is 15.4. The summed E-state index contributed by atoms with van der Waals surface area (Å²) in [5.41, 5.74) is 19.1. The van der Waals surface area contributed by atoms with Crippen molar-refractivity contribution in [3.8, 4) is 16.8 Å². The lowest BCUT2D eigenvalue weighted by atomic mass is 9.94. The molecule has 0 saturated heterocycles. The van der Waals surface area contributed by atoms with Crippen LogP contribution in [0.2, 0.25) is 0 Å². The molecule has 1 aliphatic heterocycles. The third-order valence-electron chi connectivity index (χ3n) is 11.0. The van der Waals surface area contributed by atoms with Crippen LogP contribution in [0.3, 0.4) is 0 Å². The van der Waals surface area contributed by atoms with Crippen molar-refractivity contribution in [2.24, 2.45) is 0 Å². The van der Waals surface area contributed by atoms with Gasteiger partial charge < -0.3 is 15.2 Å². The minimum atomic E-state index is -0.225. The summed E-state index contributed by atoms with van der Waals surface area (Å²) < 4.78 is 16.0. The second kappa shape index (κ2) is 15.6. The van der Waals surface area contributed by atoms with Crippen molar-refractivity contribution in [2.75, 3.05) is 10.6 Å². The maximum atomic E-state index is 13.7. The summed E-state index contributed by atoms with van der Waals surface area (Å²) in [5, 5.41) is 12.0. The zero-order valence-electron chi connectivity index (χ0n) is 31.9. The van der Waals surface area contributed by atoms with Crippen molar-refractivity contribution in [3.63, 3.8) is 0 Å². The van der Waals surface area contributed by atoms with E-state index in [9.17, 15) is 4.39 Å². The smallest absolute Gasteiger partial charge is 0.123 e. The lowest BCUT2D eigenvalue weighted by Crippen LogP contribution is -2.33. The molecular weight excluding hydrogens is 712 g/mol. The van der Waals surface area contributed by atoms with Crippen LogP contribution < -0.4 is 10.6 Å². The first-order chi connectivity index (χ1) is 28.4. The van der Waals surface area contributed by atoms with Gasteiger partial charge in [0.05, 0.1) is 17.3 Å². The highest BCUT2D eigenvalue weighted by Gasteiger charge is 2.27. The highest BCUT2D eigenvalue weighted by molar-refractivity contribution is 6.21. The molecule has 280 valence electrons. The molecule has 0 spiro atoms. The Morgan fingerprint density at radius 2 is 1.36 bits per heavy atom. The van der Waals surface area contributed by atoms with Gasteiger partial charge in [-0.3, -0.25) is 5.41 Å².